The highest BCUT2D eigenvalue weighted by atomic mass is 16.2. The first-order chi connectivity index (χ1) is 8.26. The number of amides is 1. The van der Waals surface area contributed by atoms with Gasteiger partial charge in [0.15, 0.2) is 0 Å². The summed E-state index contributed by atoms with van der Waals surface area (Å²) >= 11 is 0. The van der Waals surface area contributed by atoms with Crippen molar-refractivity contribution in [3.8, 4) is 0 Å². The highest BCUT2D eigenvalue weighted by Crippen LogP contribution is 2.68. The molecule has 3 heteroatoms. The van der Waals surface area contributed by atoms with Gasteiger partial charge in [-0.15, -0.1) is 0 Å². The third-order valence-electron chi connectivity index (χ3n) is 5.74. The van der Waals surface area contributed by atoms with Gasteiger partial charge in [0.05, 0.1) is 0 Å². The first-order valence-electron chi connectivity index (χ1n) is 7.30. The molecule has 0 aliphatic heterocycles. The fourth-order valence-electron chi connectivity index (χ4n) is 3.59. The lowest BCUT2D eigenvalue weighted by Crippen LogP contribution is -2.35. The molecule has 18 heavy (non-hydrogen) atoms. The van der Waals surface area contributed by atoms with Crippen LogP contribution >= 0.6 is 0 Å². The van der Waals surface area contributed by atoms with E-state index in [0.717, 1.165) is 19.4 Å². The van der Waals surface area contributed by atoms with Crippen molar-refractivity contribution >= 4 is 5.91 Å². The minimum Gasteiger partial charge on any atom is -0.356 e. The number of rotatable bonds is 3. The van der Waals surface area contributed by atoms with E-state index in [1.165, 1.54) is 12.8 Å². The number of hydrogen-bond acceptors (Lipinski definition) is 2. The molecule has 3 nitrogen and oxygen atoms in total. The summed E-state index contributed by atoms with van der Waals surface area (Å²) in [6.07, 6.45) is 4.56. The first-order valence-corrected chi connectivity index (χ1v) is 7.30. The van der Waals surface area contributed by atoms with Gasteiger partial charge in [-0.05, 0) is 42.4 Å². The molecule has 0 spiro atoms. The fraction of sp³-hybridized carbons (Fsp3) is 0.933. The summed E-state index contributed by atoms with van der Waals surface area (Å²) in [5.74, 6) is 1.06. The Balaban J connectivity index is 1.77. The molecule has 2 saturated carbocycles. The van der Waals surface area contributed by atoms with Crippen molar-refractivity contribution in [2.24, 2.45) is 28.4 Å². The van der Waals surface area contributed by atoms with E-state index in [4.69, 9.17) is 5.73 Å². The summed E-state index contributed by atoms with van der Waals surface area (Å²) in [4.78, 5) is 12.2. The smallest absolute Gasteiger partial charge is 0.224 e. The molecule has 0 aromatic rings. The van der Waals surface area contributed by atoms with Crippen molar-refractivity contribution in [2.75, 3.05) is 6.54 Å². The van der Waals surface area contributed by atoms with Crippen LogP contribution in [0.1, 0.15) is 53.4 Å². The van der Waals surface area contributed by atoms with Gasteiger partial charge in [0.2, 0.25) is 5.91 Å². The summed E-state index contributed by atoms with van der Waals surface area (Å²) in [6, 6.07) is 0.387. The van der Waals surface area contributed by atoms with E-state index in [9.17, 15) is 4.79 Å². The molecule has 0 heterocycles. The van der Waals surface area contributed by atoms with Gasteiger partial charge in [-0.2, -0.15) is 0 Å². The molecule has 0 atom stereocenters. The van der Waals surface area contributed by atoms with Gasteiger partial charge in [0, 0.05) is 18.5 Å². The van der Waals surface area contributed by atoms with E-state index in [1.54, 1.807) is 0 Å². The van der Waals surface area contributed by atoms with Crippen LogP contribution in [-0.4, -0.2) is 18.5 Å². The zero-order valence-electron chi connectivity index (χ0n) is 12.3. The average molecular weight is 252 g/mol. The summed E-state index contributed by atoms with van der Waals surface area (Å²) in [7, 11) is 0. The fourth-order valence-corrected chi connectivity index (χ4v) is 3.59. The van der Waals surface area contributed by atoms with Gasteiger partial charge in [-0.1, -0.05) is 27.7 Å². The van der Waals surface area contributed by atoms with Crippen LogP contribution < -0.4 is 11.1 Å². The molecule has 2 rings (SSSR count). The lowest BCUT2D eigenvalue weighted by Gasteiger charge is -2.26. The van der Waals surface area contributed by atoms with E-state index >= 15 is 0 Å². The van der Waals surface area contributed by atoms with Crippen LogP contribution in [0.25, 0.3) is 0 Å². The third-order valence-corrected chi connectivity index (χ3v) is 5.74. The highest BCUT2D eigenvalue weighted by Gasteiger charge is 2.68. The quantitative estimate of drug-likeness (QED) is 0.810. The van der Waals surface area contributed by atoms with E-state index < -0.39 is 0 Å². The van der Waals surface area contributed by atoms with Crippen LogP contribution in [0, 0.1) is 22.7 Å². The summed E-state index contributed by atoms with van der Waals surface area (Å²) < 4.78 is 0. The maximum absolute atomic E-state index is 12.2. The number of nitrogens with one attached hydrogen (secondary N) is 1. The predicted molar refractivity (Wildman–Crippen MR) is 74.0 cm³/mol. The number of carbonyl (C=O) groups excluding carboxylic acids is 1. The molecule has 0 aromatic carbocycles. The van der Waals surface area contributed by atoms with Gasteiger partial charge in [0.1, 0.15) is 0 Å². The third kappa shape index (κ3) is 2.29. The van der Waals surface area contributed by atoms with Crippen molar-refractivity contribution in [2.45, 2.75) is 59.4 Å². The molecule has 2 fully saturated rings. The summed E-state index contributed by atoms with van der Waals surface area (Å²) in [5.41, 5.74) is 6.18. The first kappa shape index (κ1) is 13.9. The Morgan fingerprint density at radius 2 is 1.61 bits per heavy atom. The molecule has 2 aliphatic rings. The Morgan fingerprint density at radius 1 is 1.11 bits per heavy atom. The highest BCUT2D eigenvalue weighted by molar-refractivity contribution is 5.84. The Labute approximate surface area is 111 Å². The Hall–Kier alpha value is -0.570. The van der Waals surface area contributed by atoms with Gasteiger partial charge in [0.25, 0.3) is 0 Å². The van der Waals surface area contributed by atoms with E-state index in [2.05, 4.69) is 33.0 Å². The maximum Gasteiger partial charge on any atom is 0.224 e. The number of carbonyl (C=O) groups is 1. The molecule has 2 aliphatic carbocycles. The van der Waals surface area contributed by atoms with Gasteiger partial charge in [-0.3, -0.25) is 4.79 Å². The largest absolute Gasteiger partial charge is 0.356 e. The molecular formula is C15H28N2O. The van der Waals surface area contributed by atoms with Gasteiger partial charge in [-0.25, -0.2) is 0 Å². The Morgan fingerprint density at radius 3 is 2.06 bits per heavy atom. The standard InChI is InChI=1S/C15H28N2O/c1-14(2)12(15(14,3)4)13(18)17-9-10-5-7-11(16)8-6-10/h10-12H,5-9,16H2,1-4H3,(H,17,18). The topological polar surface area (TPSA) is 55.1 Å². The molecule has 104 valence electrons. The Bertz CT molecular complexity index is 313. The molecule has 0 unspecified atom stereocenters. The molecule has 0 radical (unpaired) electrons. The second-order valence-electron chi connectivity index (χ2n) is 7.40. The minimum atomic E-state index is 0.145. The van der Waals surface area contributed by atoms with Crippen LogP contribution in [0.4, 0.5) is 0 Å². The van der Waals surface area contributed by atoms with Crippen molar-refractivity contribution in [3.63, 3.8) is 0 Å². The predicted octanol–water partition coefficient (Wildman–Crippen LogP) is 2.30. The van der Waals surface area contributed by atoms with E-state index in [-0.39, 0.29) is 22.7 Å². The molecular weight excluding hydrogens is 224 g/mol. The zero-order chi connectivity index (χ0) is 13.6. The molecule has 1 amide bonds. The molecule has 0 aromatic heterocycles. The van der Waals surface area contributed by atoms with E-state index in [1.807, 2.05) is 0 Å². The van der Waals surface area contributed by atoms with Crippen molar-refractivity contribution in [3.05, 3.63) is 0 Å². The Kier molecular flexibility index (Phi) is 3.48. The monoisotopic (exact) mass is 252 g/mol. The van der Waals surface area contributed by atoms with Gasteiger partial charge < -0.3 is 11.1 Å². The number of hydrogen-bond donors (Lipinski definition) is 2. The van der Waals surface area contributed by atoms with Gasteiger partial charge >= 0.3 is 0 Å². The summed E-state index contributed by atoms with van der Waals surface area (Å²) in [5, 5.41) is 3.16. The van der Waals surface area contributed by atoms with Crippen LogP contribution in [0.3, 0.4) is 0 Å². The normalized spacial score (nSPS) is 34.1. The molecule has 0 bridgehead atoms. The minimum absolute atomic E-state index is 0.145. The average Bonchev–Trinajstić information content (AvgIpc) is 2.68. The lowest BCUT2D eigenvalue weighted by molar-refractivity contribution is -0.123. The van der Waals surface area contributed by atoms with E-state index in [0.29, 0.717) is 12.0 Å². The van der Waals surface area contributed by atoms with Crippen LogP contribution in [0.2, 0.25) is 0 Å². The molecule has 3 N–H and O–H groups in total. The number of nitrogens with two attached hydrogens (primary N) is 1. The van der Waals surface area contributed by atoms with Crippen LogP contribution in [-0.2, 0) is 4.79 Å². The molecule has 0 saturated heterocycles. The SMILES string of the molecule is CC1(C)C(C(=O)NCC2CCC(N)CC2)C1(C)C. The van der Waals surface area contributed by atoms with Crippen molar-refractivity contribution in [1.29, 1.82) is 0 Å². The van der Waals surface area contributed by atoms with Crippen LogP contribution in [0.15, 0.2) is 0 Å². The van der Waals surface area contributed by atoms with Crippen molar-refractivity contribution in [1.82, 2.24) is 5.32 Å². The van der Waals surface area contributed by atoms with Crippen molar-refractivity contribution < 1.29 is 4.79 Å². The zero-order valence-corrected chi connectivity index (χ0v) is 12.3. The van der Waals surface area contributed by atoms with Crippen LogP contribution in [0.5, 0.6) is 0 Å². The lowest BCUT2D eigenvalue weighted by atomic mass is 9.86. The summed E-state index contributed by atoms with van der Waals surface area (Å²) in [6.45, 7) is 9.61. The second kappa shape index (κ2) is 4.52. The maximum atomic E-state index is 12.2. The second-order valence-corrected chi connectivity index (χ2v) is 7.40.